The Morgan fingerprint density at radius 1 is 0.634 bits per heavy atom. The molecule has 3 saturated carbocycles. The zero-order valence-electron chi connectivity index (χ0n) is 56.8. The van der Waals surface area contributed by atoms with Gasteiger partial charge in [-0.3, -0.25) is 52.7 Å². The Morgan fingerprint density at radius 3 is 1.84 bits per heavy atom. The van der Waals surface area contributed by atoms with Crippen molar-refractivity contribution in [2.45, 2.75) is 223 Å². The SMILES string of the molecule is CC[C@H](C)C1NC(=O)[C@H](CC(C)C)N(C)C(=O)C[C@@H](C)N(C)C(=O)[C@H](C2CCCC2)N(C)C(=O)C2(CCCC2)NC(=O)[C@@H]2CCCN2C(=O)[C@H](CCc2ccc(C(F)(F)F)c(Cl)c2)NC(=O)CN(C)C(=O)[C@H](CC2CCCCC2)N(C)C(=O)CN(C)C(=O)CN(C)C1=O. The maximum absolute atomic E-state index is 15.4. The van der Waals surface area contributed by atoms with E-state index in [2.05, 4.69) is 16.0 Å². The molecule has 2 heterocycles. The highest BCUT2D eigenvalue weighted by atomic mass is 35.5. The highest BCUT2D eigenvalue weighted by Gasteiger charge is 2.51. The number of amides is 11. The van der Waals surface area contributed by atoms with E-state index < -0.39 is 155 Å². The Balaban J connectivity index is 1.38. The highest BCUT2D eigenvalue weighted by molar-refractivity contribution is 6.31. The summed E-state index contributed by atoms with van der Waals surface area (Å²) >= 11 is 6.13. The molecule has 1 aromatic carbocycles. The molecule has 1 aromatic rings. The fraction of sp³-hybridized carbons (Fsp3) is 0.746. The second-order valence-electron chi connectivity index (χ2n) is 27.8. The number of fused-ring (bicyclic) bond motifs is 1. The summed E-state index contributed by atoms with van der Waals surface area (Å²) in [7, 11) is 10.3. The first-order valence-electron chi connectivity index (χ1n) is 33.6. The maximum Gasteiger partial charge on any atom is 0.417 e. The molecule has 93 heavy (non-hydrogen) atoms. The molecule has 8 atom stereocenters. The molecule has 11 amide bonds. The smallest absolute Gasteiger partial charge is 0.343 e. The molecule has 22 nitrogen and oxygen atoms in total. The van der Waals surface area contributed by atoms with Gasteiger partial charge in [0.1, 0.15) is 41.8 Å². The largest absolute Gasteiger partial charge is 0.417 e. The molecule has 3 aliphatic carbocycles. The number of nitrogens with one attached hydrogen (secondary N) is 3. The fourth-order valence-corrected chi connectivity index (χ4v) is 14.6. The van der Waals surface area contributed by atoms with E-state index in [1.807, 2.05) is 20.8 Å². The molecule has 3 N–H and O–H groups in total. The number of rotatable bonds is 10. The van der Waals surface area contributed by atoms with Gasteiger partial charge in [-0.15, -0.1) is 0 Å². The van der Waals surface area contributed by atoms with Gasteiger partial charge < -0.3 is 55.1 Å². The predicted octanol–water partition coefficient (Wildman–Crippen LogP) is 6.04. The van der Waals surface area contributed by atoms with Crippen LogP contribution in [-0.2, 0) is 65.3 Å². The maximum atomic E-state index is 15.4. The van der Waals surface area contributed by atoms with E-state index >= 15 is 14.4 Å². The molecule has 1 spiro atoms. The van der Waals surface area contributed by atoms with Gasteiger partial charge in [0, 0.05) is 68.3 Å². The highest BCUT2D eigenvalue weighted by Crippen LogP contribution is 2.38. The fourth-order valence-electron chi connectivity index (χ4n) is 14.2. The Bertz CT molecular complexity index is 2860. The van der Waals surface area contributed by atoms with Gasteiger partial charge in [-0.05, 0) is 112 Å². The lowest BCUT2D eigenvalue weighted by Crippen LogP contribution is -2.64. The number of benzene rings is 1. The average molecular weight is 1330 g/mol. The van der Waals surface area contributed by atoms with Gasteiger partial charge in [-0.25, -0.2) is 0 Å². The van der Waals surface area contributed by atoms with Crippen LogP contribution in [0.2, 0.25) is 5.02 Å². The molecule has 0 bridgehead atoms. The van der Waals surface area contributed by atoms with Gasteiger partial charge >= 0.3 is 6.18 Å². The summed E-state index contributed by atoms with van der Waals surface area (Å²) in [5.74, 6) is -7.24. The van der Waals surface area contributed by atoms with E-state index in [0.717, 1.165) is 66.9 Å². The lowest BCUT2D eigenvalue weighted by atomic mass is 9.84. The van der Waals surface area contributed by atoms with E-state index in [4.69, 9.17) is 11.6 Å². The van der Waals surface area contributed by atoms with Crippen molar-refractivity contribution in [2.75, 3.05) is 75.5 Å². The number of carbonyl (C=O) groups is 11. The van der Waals surface area contributed by atoms with Gasteiger partial charge in [-0.2, -0.15) is 13.2 Å². The van der Waals surface area contributed by atoms with Crippen LogP contribution in [0.4, 0.5) is 13.2 Å². The standard InChI is InChI=1S/C67H103ClF3N11O11/c1-13-42(4)57-63(91)77(8)39-55(85)75(6)40-56(86)80(11)52(37-44-22-15-14-16-23-44)62(90)76(7)38-53(83)72-49(30-28-45-27-29-47(48(68)36-45)67(69,70)71)61(89)82-33-21-26-50(82)60(88)74-66(31-19-20-32-66)65(93)81(12)58(46-24-17-18-25-46)64(92)78(9)43(5)35-54(84)79(10)51(34-41(2)3)59(87)73-57/h27,29,36,41-44,46,49-52,57-58H,13-26,28,30-35,37-40H2,1-12H3,(H,72,83)(H,73,87)(H,74,88)/t42-,43+,49-,50-,51-,52-,57?,58-/m0/s1. The second kappa shape index (κ2) is 33.2. The zero-order valence-corrected chi connectivity index (χ0v) is 57.6. The van der Waals surface area contributed by atoms with Crippen LogP contribution in [0, 0.1) is 23.7 Å². The van der Waals surface area contributed by atoms with Crippen LogP contribution >= 0.6 is 11.6 Å². The Hall–Kier alpha value is -6.53. The number of nitrogens with zero attached hydrogens (tertiary/aromatic N) is 8. The van der Waals surface area contributed by atoms with Gasteiger partial charge in [0.05, 0.1) is 30.2 Å². The lowest BCUT2D eigenvalue weighted by molar-refractivity contribution is -0.153. The van der Waals surface area contributed by atoms with Crippen molar-refractivity contribution in [1.29, 1.82) is 0 Å². The van der Waals surface area contributed by atoms with Crippen molar-refractivity contribution in [2.24, 2.45) is 23.7 Å². The Kier molecular flexibility index (Phi) is 27.0. The molecular weight excluding hydrogens is 1230 g/mol. The molecule has 6 rings (SSSR count). The van der Waals surface area contributed by atoms with Crippen LogP contribution < -0.4 is 16.0 Å². The minimum Gasteiger partial charge on any atom is -0.343 e. The number of hydrogen-bond donors (Lipinski definition) is 3. The van der Waals surface area contributed by atoms with Crippen molar-refractivity contribution in [3.8, 4) is 0 Å². The zero-order chi connectivity index (χ0) is 69.0. The third kappa shape index (κ3) is 19.1. The van der Waals surface area contributed by atoms with E-state index in [0.29, 0.717) is 44.1 Å². The van der Waals surface area contributed by atoms with E-state index in [-0.39, 0.29) is 75.7 Å². The predicted molar refractivity (Wildman–Crippen MR) is 344 cm³/mol. The number of carbonyl (C=O) groups excluding carboxylic acids is 11. The van der Waals surface area contributed by atoms with Crippen molar-refractivity contribution in [1.82, 2.24) is 55.1 Å². The second-order valence-corrected chi connectivity index (χ2v) is 28.2. The first-order chi connectivity index (χ1) is 43.7. The quantitative estimate of drug-likeness (QED) is 0.244. The molecule has 0 radical (unpaired) electrons. The lowest BCUT2D eigenvalue weighted by Gasteiger charge is -2.41. The van der Waals surface area contributed by atoms with Crippen molar-refractivity contribution in [3.63, 3.8) is 0 Å². The molecule has 1 unspecified atom stereocenters. The van der Waals surface area contributed by atoms with Crippen LogP contribution in [0.5, 0.6) is 0 Å². The number of halogens is 4. The molecule has 5 aliphatic rings. The van der Waals surface area contributed by atoms with Gasteiger partial charge in [-0.1, -0.05) is 110 Å². The summed E-state index contributed by atoms with van der Waals surface area (Å²) in [6, 6.07) is -4.36. The molecule has 2 saturated heterocycles. The summed E-state index contributed by atoms with van der Waals surface area (Å²) in [6.07, 6.45) is 5.16. The van der Waals surface area contributed by atoms with Crippen molar-refractivity contribution in [3.05, 3.63) is 34.3 Å². The third-order valence-corrected chi connectivity index (χ3v) is 20.8. The van der Waals surface area contributed by atoms with E-state index in [1.165, 1.54) is 70.7 Å². The average Bonchev–Trinajstić information content (AvgIpc) is 1.73. The summed E-state index contributed by atoms with van der Waals surface area (Å²) in [4.78, 5) is 172. The van der Waals surface area contributed by atoms with Crippen LogP contribution in [0.1, 0.15) is 174 Å². The van der Waals surface area contributed by atoms with Crippen molar-refractivity contribution >= 4 is 76.6 Å². The number of alkyl halides is 3. The number of aryl methyl sites for hydroxylation is 1. The number of likely N-dealkylation sites (N-methyl/N-ethyl adjacent to an activating group) is 7. The molecule has 0 aromatic heterocycles. The Morgan fingerprint density at radius 2 is 1.24 bits per heavy atom. The van der Waals surface area contributed by atoms with Crippen LogP contribution in [0.3, 0.4) is 0 Å². The first kappa shape index (κ1) is 75.5. The van der Waals surface area contributed by atoms with Crippen LogP contribution in [0.25, 0.3) is 0 Å². The molecule has 26 heteroatoms. The molecule has 2 aliphatic heterocycles. The van der Waals surface area contributed by atoms with Gasteiger partial charge in [0.2, 0.25) is 65.0 Å². The summed E-state index contributed by atoms with van der Waals surface area (Å²) in [5.41, 5.74) is -2.22. The molecule has 5 fully saturated rings. The Labute approximate surface area is 552 Å². The monoisotopic (exact) mass is 1330 g/mol. The normalized spacial score (nSPS) is 27.0. The van der Waals surface area contributed by atoms with Crippen LogP contribution in [-0.4, -0.2) is 228 Å². The van der Waals surface area contributed by atoms with Crippen LogP contribution in [0.15, 0.2) is 18.2 Å². The van der Waals surface area contributed by atoms with Crippen molar-refractivity contribution < 1.29 is 65.9 Å². The summed E-state index contributed by atoms with van der Waals surface area (Å²) < 4.78 is 41.4. The molecule has 520 valence electrons. The van der Waals surface area contributed by atoms with E-state index in [1.54, 1.807) is 27.9 Å². The minimum absolute atomic E-state index is 0.0353. The topological polar surface area (TPSA) is 250 Å². The number of hydrogen-bond acceptors (Lipinski definition) is 11. The van der Waals surface area contributed by atoms with Gasteiger partial charge in [0.25, 0.3) is 0 Å². The van der Waals surface area contributed by atoms with E-state index in [9.17, 15) is 51.5 Å². The summed E-state index contributed by atoms with van der Waals surface area (Å²) in [5, 5.41) is 8.19. The van der Waals surface area contributed by atoms with Gasteiger partial charge in [0.15, 0.2) is 0 Å². The minimum atomic E-state index is -4.74. The summed E-state index contributed by atoms with van der Waals surface area (Å²) in [6.45, 7) is 7.62. The first-order valence-corrected chi connectivity index (χ1v) is 34.0. The third-order valence-electron chi connectivity index (χ3n) is 20.4. The molecular formula is C67H103ClF3N11O11.